The Labute approximate surface area is 171 Å². The van der Waals surface area contributed by atoms with Crippen molar-refractivity contribution >= 4 is 49.8 Å². The van der Waals surface area contributed by atoms with Crippen molar-refractivity contribution in [2.75, 3.05) is 4.90 Å². The number of hydrogen-bond acceptors (Lipinski definition) is 5. The summed E-state index contributed by atoms with van der Waals surface area (Å²) in [5, 5.41) is 12.9. The number of Topliss-reactive ketones (excluding diaryl/α,β-unsaturated/α-hetero) is 1. The summed E-state index contributed by atoms with van der Waals surface area (Å²) in [5.74, 6) is -2.34. The lowest BCUT2D eigenvalue weighted by Gasteiger charge is -2.22. The van der Waals surface area contributed by atoms with Gasteiger partial charge >= 0.3 is 5.91 Å². The van der Waals surface area contributed by atoms with E-state index < -0.39 is 23.5 Å². The van der Waals surface area contributed by atoms with Crippen LogP contribution < -0.4 is 4.90 Å². The lowest BCUT2D eigenvalue weighted by atomic mass is 9.95. The minimum absolute atomic E-state index is 0.0610. The Morgan fingerprint density at radius 2 is 1.79 bits per heavy atom. The molecule has 1 aliphatic heterocycles. The molecular formula is C20H12BrFN2O3S. The Kier molecular flexibility index (Phi) is 4.82. The fourth-order valence-electron chi connectivity index (χ4n) is 3.09. The van der Waals surface area contributed by atoms with Gasteiger partial charge in [-0.25, -0.2) is 9.37 Å². The van der Waals surface area contributed by atoms with E-state index in [9.17, 15) is 19.1 Å². The molecule has 2 heterocycles. The molecule has 1 aliphatic rings. The predicted molar refractivity (Wildman–Crippen MR) is 107 cm³/mol. The SMILES string of the molecule is O=C1C(=O)N(c2nccs2)C(c2ccc(F)cc2)C1=C(O)c1ccc(Br)cc1. The molecule has 28 heavy (non-hydrogen) atoms. The van der Waals surface area contributed by atoms with E-state index in [-0.39, 0.29) is 11.3 Å². The molecule has 1 atom stereocenters. The summed E-state index contributed by atoms with van der Waals surface area (Å²) >= 11 is 4.52. The van der Waals surface area contributed by atoms with Gasteiger partial charge < -0.3 is 5.11 Å². The first-order valence-corrected chi connectivity index (χ1v) is 9.86. The van der Waals surface area contributed by atoms with Crippen LogP contribution >= 0.6 is 27.3 Å². The van der Waals surface area contributed by atoms with Crippen LogP contribution in [0.2, 0.25) is 0 Å². The number of nitrogens with zero attached hydrogens (tertiary/aromatic N) is 2. The summed E-state index contributed by atoms with van der Waals surface area (Å²) in [6, 6.07) is 11.3. The van der Waals surface area contributed by atoms with Crippen molar-refractivity contribution in [1.82, 2.24) is 4.98 Å². The van der Waals surface area contributed by atoms with Crippen molar-refractivity contribution in [3.8, 4) is 0 Å². The largest absolute Gasteiger partial charge is 0.507 e. The highest BCUT2D eigenvalue weighted by Crippen LogP contribution is 2.42. The quantitative estimate of drug-likeness (QED) is 0.351. The second kappa shape index (κ2) is 7.29. The molecule has 4 rings (SSSR count). The molecule has 5 nitrogen and oxygen atoms in total. The Bertz CT molecular complexity index is 1080. The van der Waals surface area contributed by atoms with Crippen LogP contribution in [0.1, 0.15) is 17.2 Å². The fraction of sp³-hybridized carbons (Fsp3) is 0.0500. The van der Waals surface area contributed by atoms with Crippen molar-refractivity contribution in [2.45, 2.75) is 6.04 Å². The van der Waals surface area contributed by atoms with E-state index in [1.54, 1.807) is 29.6 Å². The number of aliphatic hydroxyl groups is 1. The molecule has 1 amide bonds. The molecule has 1 N–H and O–H groups in total. The summed E-state index contributed by atoms with van der Waals surface area (Å²) in [6.07, 6.45) is 1.52. The molecule has 1 unspecified atom stereocenters. The molecule has 0 aliphatic carbocycles. The van der Waals surface area contributed by atoms with E-state index >= 15 is 0 Å². The van der Waals surface area contributed by atoms with Gasteiger partial charge in [0.2, 0.25) is 0 Å². The van der Waals surface area contributed by atoms with Crippen LogP contribution in [0.25, 0.3) is 5.76 Å². The second-order valence-electron chi connectivity index (χ2n) is 6.04. The highest BCUT2D eigenvalue weighted by atomic mass is 79.9. The van der Waals surface area contributed by atoms with Gasteiger partial charge in [-0.3, -0.25) is 14.5 Å². The van der Waals surface area contributed by atoms with E-state index in [0.29, 0.717) is 16.3 Å². The van der Waals surface area contributed by atoms with Crippen LogP contribution in [-0.2, 0) is 9.59 Å². The van der Waals surface area contributed by atoms with Gasteiger partial charge in [0, 0.05) is 21.6 Å². The van der Waals surface area contributed by atoms with E-state index in [1.807, 2.05) is 0 Å². The number of carbonyl (C=O) groups excluding carboxylic acids is 2. The number of ketones is 1. The zero-order valence-corrected chi connectivity index (χ0v) is 16.6. The van der Waals surface area contributed by atoms with E-state index in [0.717, 1.165) is 4.47 Å². The van der Waals surface area contributed by atoms with Gasteiger partial charge in [-0.15, -0.1) is 11.3 Å². The van der Waals surface area contributed by atoms with Crippen molar-refractivity contribution in [3.63, 3.8) is 0 Å². The number of rotatable bonds is 3. The van der Waals surface area contributed by atoms with Crippen molar-refractivity contribution in [3.05, 3.63) is 87.1 Å². The molecule has 1 fully saturated rings. The van der Waals surface area contributed by atoms with Crippen LogP contribution in [0, 0.1) is 5.82 Å². The van der Waals surface area contributed by atoms with Crippen LogP contribution in [0.4, 0.5) is 9.52 Å². The van der Waals surface area contributed by atoms with Gasteiger partial charge in [0.15, 0.2) is 5.13 Å². The fourth-order valence-corrected chi connectivity index (χ4v) is 4.02. The summed E-state index contributed by atoms with van der Waals surface area (Å²) in [7, 11) is 0. The zero-order chi connectivity index (χ0) is 19.8. The predicted octanol–water partition coefficient (Wildman–Crippen LogP) is 4.67. The Morgan fingerprint density at radius 1 is 1.11 bits per heavy atom. The normalized spacial score (nSPS) is 18.6. The van der Waals surface area contributed by atoms with E-state index in [2.05, 4.69) is 20.9 Å². The number of thiazole rings is 1. The Balaban J connectivity index is 1.93. The molecule has 8 heteroatoms. The first-order chi connectivity index (χ1) is 13.5. The zero-order valence-electron chi connectivity index (χ0n) is 14.2. The molecule has 0 bridgehead atoms. The van der Waals surface area contributed by atoms with Crippen LogP contribution in [0.15, 0.2) is 70.2 Å². The highest BCUT2D eigenvalue weighted by molar-refractivity contribution is 9.10. The standard InChI is InChI=1S/C20H12BrFN2O3S/c21-13-5-1-12(2-6-13)17(25)15-16(11-3-7-14(22)8-4-11)24(19(27)18(15)26)20-23-9-10-28-20/h1-10,16,25H. The molecular weight excluding hydrogens is 447 g/mol. The third kappa shape index (κ3) is 3.14. The topological polar surface area (TPSA) is 70.5 Å². The molecule has 3 aromatic rings. The van der Waals surface area contributed by atoms with Crippen LogP contribution in [0.5, 0.6) is 0 Å². The average molecular weight is 459 g/mol. The van der Waals surface area contributed by atoms with Gasteiger partial charge in [-0.05, 0) is 29.8 Å². The van der Waals surface area contributed by atoms with E-state index in [1.165, 1.54) is 46.7 Å². The molecule has 140 valence electrons. The van der Waals surface area contributed by atoms with Crippen molar-refractivity contribution in [1.29, 1.82) is 0 Å². The van der Waals surface area contributed by atoms with Crippen molar-refractivity contribution in [2.24, 2.45) is 0 Å². The molecule has 0 spiro atoms. The minimum Gasteiger partial charge on any atom is -0.507 e. The van der Waals surface area contributed by atoms with Gasteiger partial charge in [-0.2, -0.15) is 0 Å². The number of halogens is 2. The molecule has 0 radical (unpaired) electrons. The number of aliphatic hydroxyl groups excluding tert-OH is 1. The summed E-state index contributed by atoms with van der Waals surface area (Å²) < 4.78 is 14.2. The maximum atomic E-state index is 13.4. The first kappa shape index (κ1) is 18.5. The second-order valence-corrected chi connectivity index (χ2v) is 7.83. The van der Waals surface area contributed by atoms with Gasteiger partial charge in [0.25, 0.3) is 5.78 Å². The van der Waals surface area contributed by atoms with Gasteiger partial charge in [0.1, 0.15) is 11.6 Å². The number of aromatic nitrogens is 1. The average Bonchev–Trinajstić information content (AvgIpc) is 3.30. The smallest absolute Gasteiger partial charge is 0.301 e. The highest BCUT2D eigenvalue weighted by Gasteiger charge is 2.47. The molecule has 0 saturated carbocycles. The number of carbonyl (C=O) groups is 2. The number of hydrogen-bond donors (Lipinski definition) is 1. The summed E-state index contributed by atoms with van der Waals surface area (Å²) in [4.78, 5) is 31.0. The van der Waals surface area contributed by atoms with Crippen LogP contribution in [0.3, 0.4) is 0 Å². The Hall–Kier alpha value is -2.84. The summed E-state index contributed by atoms with van der Waals surface area (Å²) in [6.45, 7) is 0. The molecule has 1 saturated heterocycles. The van der Waals surface area contributed by atoms with Crippen molar-refractivity contribution < 1.29 is 19.1 Å². The van der Waals surface area contributed by atoms with Gasteiger partial charge in [0.05, 0.1) is 11.6 Å². The molecule has 1 aromatic heterocycles. The summed E-state index contributed by atoms with van der Waals surface area (Å²) in [5.41, 5.74) is 0.830. The lowest BCUT2D eigenvalue weighted by Crippen LogP contribution is -2.29. The van der Waals surface area contributed by atoms with Crippen LogP contribution in [-0.4, -0.2) is 21.8 Å². The monoisotopic (exact) mass is 458 g/mol. The maximum absolute atomic E-state index is 13.4. The first-order valence-electron chi connectivity index (χ1n) is 8.19. The Morgan fingerprint density at radius 3 is 2.39 bits per heavy atom. The van der Waals surface area contributed by atoms with Gasteiger partial charge in [-0.1, -0.05) is 40.2 Å². The maximum Gasteiger partial charge on any atom is 0.301 e. The number of benzene rings is 2. The third-order valence-corrected chi connectivity index (χ3v) is 5.67. The van der Waals surface area contributed by atoms with E-state index in [4.69, 9.17) is 0 Å². The number of anilines is 1. The molecule has 2 aromatic carbocycles. The third-order valence-electron chi connectivity index (χ3n) is 4.37. The lowest BCUT2D eigenvalue weighted by molar-refractivity contribution is -0.132. The minimum atomic E-state index is -0.907. The number of amides is 1.